The Bertz CT molecular complexity index is 386. The van der Waals surface area contributed by atoms with Gasteiger partial charge in [-0.1, -0.05) is 18.6 Å². The third kappa shape index (κ3) is 3.83. The second-order valence-electron chi connectivity index (χ2n) is 3.50. The fraction of sp³-hybridized carbons (Fsp3) is 0.556. The average Bonchev–Trinajstić information content (AvgIpc) is 2.81. The number of hydrazine groups is 1. The zero-order valence-corrected chi connectivity index (χ0v) is 9.97. The van der Waals surface area contributed by atoms with E-state index in [9.17, 15) is 4.79 Å². The van der Waals surface area contributed by atoms with Gasteiger partial charge in [0.15, 0.2) is 5.69 Å². The van der Waals surface area contributed by atoms with E-state index in [1.165, 1.54) is 6.33 Å². The molecule has 0 unspecified atom stereocenters. The van der Waals surface area contributed by atoms with Crippen LogP contribution in [0.2, 0.25) is 0 Å². The van der Waals surface area contributed by atoms with Crippen molar-refractivity contribution in [3.63, 3.8) is 0 Å². The van der Waals surface area contributed by atoms with Crippen molar-refractivity contribution < 1.29 is 4.79 Å². The van der Waals surface area contributed by atoms with Gasteiger partial charge in [-0.05, 0) is 6.42 Å². The number of hydrogen-bond donors (Lipinski definition) is 3. The summed E-state index contributed by atoms with van der Waals surface area (Å²) in [5, 5.41) is 9.51. The number of nitrogens with zero attached hydrogens (tertiary/aromatic N) is 4. The second-order valence-corrected chi connectivity index (χ2v) is 3.50. The summed E-state index contributed by atoms with van der Waals surface area (Å²) < 4.78 is 0. The Morgan fingerprint density at radius 3 is 3.12 bits per heavy atom. The molecule has 1 aromatic heterocycles. The van der Waals surface area contributed by atoms with Gasteiger partial charge in [-0.15, -0.1) is 5.11 Å². The lowest BCUT2D eigenvalue weighted by Crippen LogP contribution is -2.30. The number of aromatic nitrogens is 2. The SMILES string of the molecule is CCCCN(C)N=Nc1nc[nH]c1C(=O)NN. The van der Waals surface area contributed by atoms with Crippen LogP contribution in [0.1, 0.15) is 30.3 Å². The number of rotatable bonds is 6. The molecule has 0 saturated carbocycles. The third-order valence-electron chi connectivity index (χ3n) is 2.10. The fourth-order valence-corrected chi connectivity index (χ4v) is 1.15. The first-order valence-corrected chi connectivity index (χ1v) is 5.36. The number of unbranched alkanes of at least 4 members (excludes halogenated alkanes) is 1. The van der Waals surface area contributed by atoms with Crippen LogP contribution >= 0.6 is 0 Å². The first-order chi connectivity index (χ1) is 8.19. The molecule has 0 bridgehead atoms. The highest BCUT2D eigenvalue weighted by molar-refractivity contribution is 5.95. The van der Waals surface area contributed by atoms with Crippen LogP contribution in [0.3, 0.4) is 0 Å². The van der Waals surface area contributed by atoms with Gasteiger partial charge >= 0.3 is 0 Å². The van der Waals surface area contributed by atoms with E-state index in [1.807, 2.05) is 12.5 Å². The minimum absolute atomic E-state index is 0.195. The van der Waals surface area contributed by atoms with Crippen LogP contribution in [-0.2, 0) is 0 Å². The van der Waals surface area contributed by atoms with Gasteiger partial charge < -0.3 is 4.98 Å². The zero-order chi connectivity index (χ0) is 12.7. The summed E-state index contributed by atoms with van der Waals surface area (Å²) in [5.41, 5.74) is 2.20. The highest BCUT2D eigenvalue weighted by Gasteiger charge is 2.12. The number of amides is 1. The summed E-state index contributed by atoms with van der Waals surface area (Å²) >= 11 is 0. The van der Waals surface area contributed by atoms with Crippen molar-refractivity contribution in [2.45, 2.75) is 19.8 Å². The Morgan fingerprint density at radius 1 is 1.71 bits per heavy atom. The van der Waals surface area contributed by atoms with Crippen molar-refractivity contribution in [2.75, 3.05) is 13.6 Å². The lowest BCUT2D eigenvalue weighted by Gasteiger charge is -2.09. The van der Waals surface area contributed by atoms with Crippen molar-refractivity contribution in [3.8, 4) is 0 Å². The van der Waals surface area contributed by atoms with Crippen LogP contribution < -0.4 is 11.3 Å². The lowest BCUT2D eigenvalue weighted by atomic mass is 10.3. The molecule has 0 aliphatic carbocycles. The second kappa shape index (κ2) is 6.59. The van der Waals surface area contributed by atoms with E-state index in [2.05, 4.69) is 27.2 Å². The molecule has 1 heterocycles. The summed E-state index contributed by atoms with van der Waals surface area (Å²) in [4.78, 5) is 17.8. The molecule has 0 radical (unpaired) electrons. The van der Waals surface area contributed by atoms with Crippen LogP contribution in [-0.4, -0.2) is 34.5 Å². The monoisotopic (exact) mass is 239 g/mol. The third-order valence-corrected chi connectivity index (χ3v) is 2.10. The van der Waals surface area contributed by atoms with Gasteiger partial charge in [0.25, 0.3) is 5.91 Å². The molecule has 94 valence electrons. The summed E-state index contributed by atoms with van der Waals surface area (Å²) in [5.74, 6) is 4.76. The molecule has 0 atom stereocenters. The van der Waals surface area contributed by atoms with E-state index in [1.54, 1.807) is 5.01 Å². The molecule has 1 aromatic rings. The molecule has 4 N–H and O–H groups in total. The molecule has 0 fully saturated rings. The molecule has 0 aliphatic heterocycles. The zero-order valence-electron chi connectivity index (χ0n) is 9.97. The molecular formula is C9H17N7O. The predicted octanol–water partition coefficient (Wildman–Crippen LogP) is 0.744. The van der Waals surface area contributed by atoms with Crippen LogP contribution in [0, 0.1) is 0 Å². The molecule has 17 heavy (non-hydrogen) atoms. The maximum Gasteiger partial charge on any atom is 0.285 e. The molecule has 0 spiro atoms. The highest BCUT2D eigenvalue weighted by atomic mass is 16.2. The number of nitrogens with two attached hydrogens (primary N) is 1. The van der Waals surface area contributed by atoms with E-state index in [0.29, 0.717) is 0 Å². The molecular weight excluding hydrogens is 222 g/mol. The lowest BCUT2D eigenvalue weighted by molar-refractivity contribution is 0.0950. The Kier molecular flexibility index (Phi) is 5.08. The molecule has 1 amide bonds. The minimum atomic E-state index is -0.479. The summed E-state index contributed by atoms with van der Waals surface area (Å²) in [6.07, 6.45) is 3.49. The molecule has 0 aliphatic rings. The summed E-state index contributed by atoms with van der Waals surface area (Å²) in [7, 11) is 1.81. The Morgan fingerprint density at radius 2 is 2.47 bits per heavy atom. The van der Waals surface area contributed by atoms with Gasteiger partial charge in [0.2, 0.25) is 5.82 Å². The maximum absolute atomic E-state index is 11.3. The Hall–Kier alpha value is -1.96. The number of carbonyl (C=O) groups is 1. The minimum Gasteiger partial charge on any atom is -0.339 e. The van der Waals surface area contributed by atoms with E-state index in [4.69, 9.17) is 5.84 Å². The first kappa shape index (κ1) is 13.1. The first-order valence-electron chi connectivity index (χ1n) is 5.36. The van der Waals surface area contributed by atoms with E-state index < -0.39 is 5.91 Å². The number of nitrogens with one attached hydrogen (secondary N) is 2. The van der Waals surface area contributed by atoms with Crippen LogP contribution in [0.25, 0.3) is 0 Å². The van der Waals surface area contributed by atoms with Gasteiger partial charge in [0.1, 0.15) is 0 Å². The molecule has 8 nitrogen and oxygen atoms in total. The van der Waals surface area contributed by atoms with Gasteiger partial charge in [0, 0.05) is 13.6 Å². The normalized spacial score (nSPS) is 10.8. The van der Waals surface area contributed by atoms with Crippen molar-refractivity contribution in [1.82, 2.24) is 20.4 Å². The smallest absolute Gasteiger partial charge is 0.285 e. The number of hydrogen-bond acceptors (Lipinski definition) is 5. The van der Waals surface area contributed by atoms with Gasteiger partial charge in [0.05, 0.1) is 6.33 Å². The quantitative estimate of drug-likeness (QED) is 0.294. The van der Waals surface area contributed by atoms with E-state index in [-0.39, 0.29) is 11.5 Å². The topological polar surface area (TPSA) is 112 Å². The van der Waals surface area contributed by atoms with Crippen molar-refractivity contribution >= 4 is 11.7 Å². The molecule has 1 rings (SSSR count). The van der Waals surface area contributed by atoms with E-state index in [0.717, 1.165) is 19.4 Å². The van der Waals surface area contributed by atoms with Crippen LogP contribution in [0.4, 0.5) is 5.82 Å². The number of nitrogen functional groups attached to an aromatic ring is 1. The summed E-state index contributed by atoms with van der Waals surface area (Å²) in [6.45, 7) is 2.91. The van der Waals surface area contributed by atoms with Crippen molar-refractivity contribution in [3.05, 3.63) is 12.0 Å². The number of imidazole rings is 1. The van der Waals surface area contributed by atoms with Crippen LogP contribution in [0.5, 0.6) is 0 Å². The van der Waals surface area contributed by atoms with Gasteiger partial charge in [-0.2, -0.15) is 0 Å². The number of carbonyl (C=O) groups excluding carboxylic acids is 1. The molecule has 8 heteroatoms. The van der Waals surface area contributed by atoms with Crippen molar-refractivity contribution in [1.29, 1.82) is 0 Å². The van der Waals surface area contributed by atoms with Gasteiger partial charge in [-0.25, -0.2) is 10.8 Å². The summed E-state index contributed by atoms with van der Waals surface area (Å²) in [6, 6.07) is 0. The van der Waals surface area contributed by atoms with Gasteiger partial charge in [-0.3, -0.25) is 15.2 Å². The molecule has 0 saturated heterocycles. The predicted molar refractivity (Wildman–Crippen MR) is 62.3 cm³/mol. The van der Waals surface area contributed by atoms with E-state index >= 15 is 0 Å². The molecule has 0 aromatic carbocycles. The fourth-order valence-electron chi connectivity index (χ4n) is 1.15. The van der Waals surface area contributed by atoms with Crippen molar-refractivity contribution in [2.24, 2.45) is 16.2 Å². The maximum atomic E-state index is 11.3. The average molecular weight is 239 g/mol. The number of aromatic amines is 1. The Labute approximate surface area is 99.2 Å². The number of H-pyrrole nitrogens is 1. The van der Waals surface area contributed by atoms with Crippen LogP contribution in [0.15, 0.2) is 16.7 Å². The Balaban J connectivity index is 2.65. The highest BCUT2D eigenvalue weighted by Crippen LogP contribution is 2.13. The standard InChI is InChI=1S/C9H17N7O/c1-3-4-5-16(2)15-14-8-7(9(17)13-10)11-6-12-8/h6H,3-5,10H2,1-2H3,(H,11,12)(H,13,17). The largest absolute Gasteiger partial charge is 0.339 e.